The Labute approximate surface area is 111 Å². The Morgan fingerprint density at radius 1 is 1.44 bits per heavy atom. The van der Waals surface area contributed by atoms with Crippen molar-refractivity contribution in [1.82, 2.24) is 4.98 Å². The van der Waals surface area contributed by atoms with Gasteiger partial charge in [-0.2, -0.15) is 13.2 Å². The summed E-state index contributed by atoms with van der Waals surface area (Å²) in [5.41, 5.74) is -0.757. The molecule has 1 atom stereocenters. The van der Waals surface area contributed by atoms with Crippen LogP contribution in [-0.4, -0.2) is 30.8 Å². The van der Waals surface area contributed by atoms with Gasteiger partial charge in [-0.25, -0.2) is 4.98 Å². The molecule has 1 aromatic heterocycles. The number of aromatic nitrogens is 1. The zero-order valence-electron chi connectivity index (χ0n) is 9.67. The molecule has 0 aromatic carbocycles. The molecule has 0 spiro atoms. The molecule has 0 saturated carbocycles. The number of anilines is 1. The van der Waals surface area contributed by atoms with E-state index >= 15 is 0 Å². The van der Waals surface area contributed by atoms with E-state index < -0.39 is 11.7 Å². The van der Waals surface area contributed by atoms with E-state index in [4.69, 9.17) is 4.74 Å². The maximum atomic E-state index is 12.6. The number of hydrogen-bond acceptors (Lipinski definition) is 3. The first-order valence-electron chi connectivity index (χ1n) is 5.47. The average molecular weight is 325 g/mol. The fraction of sp³-hybridized carbons (Fsp3) is 0.545. The van der Waals surface area contributed by atoms with E-state index in [-0.39, 0.29) is 10.6 Å². The molecule has 1 aliphatic rings. The van der Waals surface area contributed by atoms with E-state index in [9.17, 15) is 13.2 Å². The smallest absolute Gasteiger partial charge is 0.377 e. The lowest BCUT2D eigenvalue weighted by Gasteiger charge is -2.34. The molecule has 0 aliphatic carbocycles. The van der Waals surface area contributed by atoms with Gasteiger partial charge >= 0.3 is 6.18 Å². The zero-order chi connectivity index (χ0) is 13.3. The van der Waals surface area contributed by atoms with Crippen molar-refractivity contribution in [2.24, 2.45) is 0 Å². The van der Waals surface area contributed by atoms with Crippen molar-refractivity contribution in [2.75, 3.05) is 24.7 Å². The Hall–Kier alpha value is -0.820. The van der Waals surface area contributed by atoms with E-state index in [0.717, 1.165) is 6.07 Å². The molecule has 1 aromatic rings. The lowest BCUT2D eigenvalue weighted by molar-refractivity contribution is -0.138. The highest BCUT2D eigenvalue weighted by Crippen LogP contribution is 2.35. The van der Waals surface area contributed by atoms with E-state index in [0.29, 0.717) is 25.6 Å². The van der Waals surface area contributed by atoms with Crippen molar-refractivity contribution < 1.29 is 17.9 Å². The molecule has 100 valence electrons. The van der Waals surface area contributed by atoms with Crippen LogP contribution < -0.4 is 4.90 Å². The highest BCUT2D eigenvalue weighted by molar-refractivity contribution is 9.10. The Morgan fingerprint density at radius 3 is 2.72 bits per heavy atom. The van der Waals surface area contributed by atoms with Gasteiger partial charge in [0, 0.05) is 6.54 Å². The van der Waals surface area contributed by atoms with Gasteiger partial charge in [0.05, 0.1) is 24.8 Å². The maximum absolute atomic E-state index is 12.6. The van der Waals surface area contributed by atoms with Crippen LogP contribution in [0.1, 0.15) is 12.5 Å². The average Bonchev–Trinajstić information content (AvgIpc) is 2.27. The molecule has 3 nitrogen and oxygen atoms in total. The number of alkyl halides is 3. The van der Waals surface area contributed by atoms with Gasteiger partial charge in [0.1, 0.15) is 10.4 Å². The standard InChI is InChI=1S/C11H12BrF3N2O/c1-7-6-18-5-4-17(7)9-3-2-8(10(12)16-9)11(13,14)15/h2-3,7H,4-6H2,1H3/t7-/m0/s1. The van der Waals surface area contributed by atoms with Crippen molar-refractivity contribution in [3.05, 3.63) is 22.3 Å². The predicted molar refractivity (Wildman–Crippen MR) is 64.6 cm³/mol. The molecule has 1 fully saturated rings. The molecule has 2 rings (SSSR count). The van der Waals surface area contributed by atoms with Crippen LogP contribution in [0.5, 0.6) is 0 Å². The first-order valence-corrected chi connectivity index (χ1v) is 6.27. The first-order chi connectivity index (χ1) is 8.39. The number of halogens is 4. The highest BCUT2D eigenvalue weighted by Gasteiger charge is 2.34. The minimum absolute atomic E-state index is 0.106. The lowest BCUT2D eigenvalue weighted by Crippen LogP contribution is -2.44. The van der Waals surface area contributed by atoms with Gasteiger partial charge in [-0.1, -0.05) is 0 Å². The molecule has 2 heterocycles. The summed E-state index contributed by atoms with van der Waals surface area (Å²) in [7, 11) is 0. The van der Waals surface area contributed by atoms with Crippen LogP contribution in [0.25, 0.3) is 0 Å². The van der Waals surface area contributed by atoms with E-state index in [1.165, 1.54) is 6.07 Å². The lowest BCUT2D eigenvalue weighted by atomic mass is 10.2. The van der Waals surface area contributed by atoms with E-state index in [2.05, 4.69) is 20.9 Å². The normalized spacial score (nSPS) is 21.2. The second kappa shape index (κ2) is 5.05. The molecule has 18 heavy (non-hydrogen) atoms. The third-order valence-electron chi connectivity index (χ3n) is 2.80. The van der Waals surface area contributed by atoms with Gasteiger partial charge in [0.25, 0.3) is 0 Å². The second-order valence-corrected chi connectivity index (χ2v) is 4.87. The van der Waals surface area contributed by atoms with Crippen LogP contribution in [0.3, 0.4) is 0 Å². The summed E-state index contributed by atoms with van der Waals surface area (Å²) < 4.78 is 42.9. The van der Waals surface area contributed by atoms with Crippen LogP contribution in [0.2, 0.25) is 0 Å². The largest absolute Gasteiger partial charge is 0.419 e. The summed E-state index contributed by atoms with van der Waals surface area (Å²) in [6.07, 6.45) is -4.39. The number of pyridine rings is 1. The number of morpholine rings is 1. The van der Waals surface area contributed by atoms with Gasteiger partial charge in [0.2, 0.25) is 0 Å². The van der Waals surface area contributed by atoms with Crippen LogP contribution in [0.4, 0.5) is 19.0 Å². The van der Waals surface area contributed by atoms with Gasteiger partial charge in [0.15, 0.2) is 0 Å². The second-order valence-electron chi connectivity index (χ2n) is 4.12. The third-order valence-corrected chi connectivity index (χ3v) is 3.41. The molecular formula is C11H12BrF3N2O. The van der Waals surface area contributed by atoms with Crippen LogP contribution >= 0.6 is 15.9 Å². The summed E-state index contributed by atoms with van der Waals surface area (Å²) in [5.74, 6) is 0.533. The SMILES string of the molecule is C[C@H]1COCCN1c1ccc(C(F)(F)F)c(Br)n1. The summed E-state index contributed by atoms with van der Waals surface area (Å²) in [6, 6.07) is 2.55. The molecule has 1 aliphatic heterocycles. The number of rotatable bonds is 1. The molecule has 0 N–H and O–H groups in total. The Bertz CT molecular complexity index is 439. The zero-order valence-corrected chi connectivity index (χ0v) is 11.3. The summed E-state index contributed by atoms with van der Waals surface area (Å²) in [6.45, 7) is 3.70. The number of ether oxygens (including phenoxy) is 1. The van der Waals surface area contributed by atoms with Gasteiger partial charge in [-0.05, 0) is 35.0 Å². The fourth-order valence-electron chi connectivity index (χ4n) is 1.86. The topological polar surface area (TPSA) is 25.4 Å². The Kier molecular flexibility index (Phi) is 3.82. The molecular weight excluding hydrogens is 313 g/mol. The summed E-state index contributed by atoms with van der Waals surface area (Å²) in [5, 5.41) is 0. The maximum Gasteiger partial charge on any atom is 0.419 e. The molecule has 0 bridgehead atoms. The van der Waals surface area contributed by atoms with Crippen LogP contribution in [-0.2, 0) is 10.9 Å². The van der Waals surface area contributed by atoms with Gasteiger partial charge in [-0.15, -0.1) is 0 Å². The monoisotopic (exact) mass is 324 g/mol. The van der Waals surface area contributed by atoms with Crippen LogP contribution in [0, 0.1) is 0 Å². The predicted octanol–water partition coefficient (Wildman–Crippen LogP) is 3.09. The minimum atomic E-state index is -4.39. The summed E-state index contributed by atoms with van der Waals surface area (Å²) in [4.78, 5) is 5.92. The Balaban J connectivity index is 2.28. The number of nitrogens with zero attached hydrogens (tertiary/aromatic N) is 2. The molecule has 0 radical (unpaired) electrons. The van der Waals surface area contributed by atoms with Gasteiger partial charge in [-0.3, -0.25) is 0 Å². The Morgan fingerprint density at radius 2 is 2.17 bits per heavy atom. The first kappa shape index (κ1) is 13.6. The van der Waals surface area contributed by atoms with Crippen molar-refractivity contribution in [3.63, 3.8) is 0 Å². The fourth-order valence-corrected chi connectivity index (χ4v) is 2.40. The molecule has 1 saturated heterocycles. The summed E-state index contributed by atoms with van der Waals surface area (Å²) >= 11 is 2.88. The molecule has 7 heteroatoms. The highest BCUT2D eigenvalue weighted by atomic mass is 79.9. The van der Waals surface area contributed by atoms with Crippen molar-refractivity contribution in [2.45, 2.75) is 19.1 Å². The number of hydrogen-bond donors (Lipinski definition) is 0. The van der Waals surface area contributed by atoms with Crippen molar-refractivity contribution in [1.29, 1.82) is 0 Å². The molecule has 0 amide bonds. The molecule has 0 unspecified atom stereocenters. The third kappa shape index (κ3) is 2.77. The van der Waals surface area contributed by atoms with E-state index in [1.54, 1.807) is 0 Å². The van der Waals surface area contributed by atoms with Crippen molar-refractivity contribution in [3.8, 4) is 0 Å². The quantitative estimate of drug-likeness (QED) is 0.742. The van der Waals surface area contributed by atoms with Crippen molar-refractivity contribution >= 4 is 21.7 Å². The minimum Gasteiger partial charge on any atom is -0.377 e. The van der Waals surface area contributed by atoms with Crippen LogP contribution in [0.15, 0.2) is 16.7 Å². The van der Waals surface area contributed by atoms with E-state index in [1.807, 2.05) is 11.8 Å². The van der Waals surface area contributed by atoms with Gasteiger partial charge < -0.3 is 9.64 Å².